The Morgan fingerprint density at radius 1 is 1.37 bits per heavy atom. The molecule has 0 radical (unpaired) electrons. The average Bonchev–Trinajstić information content (AvgIpc) is 2.68. The van der Waals surface area contributed by atoms with E-state index in [4.69, 9.17) is 0 Å². The van der Waals surface area contributed by atoms with Gasteiger partial charge in [0, 0.05) is 19.4 Å². The number of imidazole rings is 1. The van der Waals surface area contributed by atoms with Gasteiger partial charge in [-0.05, 0) is 37.1 Å². The maximum Gasteiger partial charge on any atom is 0.125 e. The van der Waals surface area contributed by atoms with E-state index in [9.17, 15) is 0 Å². The number of aryl methyl sites for hydroxylation is 1. The van der Waals surface area contributed by atoms with Crippen LogP contribution in [0.4, 0.5) is 0 Å². The molecule has 0 saturated heterocycles. The fraction of sp³-hybridized carbons (Fsp3) is 0.812. The Labute approximate surface area is 118 Å². The van der Waals surface area contributed by atoms with Crippen LogP contribution >= 0.6 is 0 Å². The maximum absolute atomic E-state index is 4.52. The molecule has 19 heavy (non-hydrogen) atoms. The molecular weight excluding hydrogens is 234 g/mol. The van der Waals surface area contributed by atoms with E-state index in [1.165, 1.54) is 6.42 Å². The van der Waals surface area contributed by atoms with Gasteiger partial charge in [-0.25, -0.2) is 4.98 Å². The third kappa shape index (κ3) is 5.77. The van der Waals surface area contributed by atoms with Gasteiger partial charge in [-0.15, -0.1) is 0 Å². The zero-order valence-electron chi connectivity index (χ0n) is 13.5. The molecule has 110 valence electrons. The number of rotatable bonds is 7. The number of hydrogen-bond acceptors (Lipinski definition) is 2. The minimum Gasteiger partial charge on any atom is -0.337 e. The van der Waals surface area contributed by atoms with Gasteiger partial charge in [0.1, 0.15) is 5.82 Å². The van der Waals surface area contributed by atoms with Crippen LogP contribution in [0, 0.1) is 11.3 Å². The lowest BCUT2D eigenvalue weighted by molar-refractivity contribution is 0.271. The molecule has 2 unspecified atom stereocenters. The molecule has 1 N–H and O–H groups in total. The second-order valence-corrected chi connectivity index (χ2v) is 7.01. The predicted octanol–water partition coefficient (Wildman–Crippen LogP) is 3.92. The van der Waals surface area contributed by atoms with Crippen molar-refractivity contribution in [2.24, 2.45) is 18.4 Å². The van der Waals surface area contributed by atoms with Crippen LogP contribution in [0.3, 0.4) is 0 Å². The van der Waals surface area contributed by atoms with Crippen LogP contribution in [-0.4, -0.2) is 16.1 Å². The highest BCUT2D eigenvalue weighted by molar-refractivity contribution is 4.99. The highest BCUT2D eigenvalue weighted by Gasteiger charge is 2.21. The summed E-state index contributed by atoms with van der Waals surface area (Å²) in [4.78, 5) is 4.52. The molecule has 0 aliphatic rings. The van der Waals surface area contributed by atoms with Gasteiger partial charge in [0.15, 0.2) is 0 Å². The first-order chi connectivity index (χ1) is 8.83. The number of nitrogens with zero attached hydrogens (tertiary/aromatic N) is 2. The Morgan fingerprint density at radius 2 is 2.05 bits per heavy atom. The Bertz CT molecular complexity index is 362. The highest BCUT2D eigenvalue weighted by atomic mass is 15.1. The van der Waals surface area contributed by atoms with Gasteiger partial charge in [0.25, 0.3) is 0 Å². The SMILES string of the molecule is CCCNC(CC(C)CC(C)(C)C)c1nccn1C. The zero-order chi connectivity index (χ0) is 14.5. The third-order valence-electron chi connectivity index (χ3n) is 3.41. The lowest BCUT2D eigenvalue weighted by atomic mass is 9.83. The van der Waals surface area contributed by atoms with Gasteiger partial charge in [0.05, 0.1) is 6.04 Å². The first-order valence-corrected chi connectivity index (χ1v) is 7.54. The molecule has 1 aromatic rings. The first kappa shape index (κ1) is 16.2. The third-order valence-corrected chi connectivity index (χ3v) is 3.41. The molecule has 1 rings (SSSR count). The van der Waals surface area contributed by atoms with E-state index in [0.29, 0.717) is 17.4 Å². The molecule has 3 nitrogen and oxygen atoms in total. The number of aromatic nitrogens is 2. The van der Waals surface area contributed by atoms with Crippen molar-refractivity contribution in [2.75, 3.05) is 6.54 Å². The van der Waals surface area contributed by atoms with Crippen LogP contribution in [0.15, 0.2) is 12.4 Å². The quantitative estimate of drug-likeness (QED) is 0.809. The molecule has 0 saturated carbocycles. The first-order valence-electron chi connectivity index (χ1n) is 7.54. The minimum absolute atomic E-state index is 0.372. The number of nitrogens with one attached hydrogen (secondary N) is 1. The molecule has 0 spiro atoms. The van der Waals surface area contributed by atoms with Crippen molar-refractivity contribution in [3.63, 3.8) is 0 Å². The molecule has 1 heterocycles. The lowest BCUT2D eigenvalue weighted by Gasteiger charge is -2.27. The average molecular weight is 265 g/mol. The summed E-state index contributed by atoms with van der Waals surface area (Å²) in [6.07, 6.45) is 7.49. The fourth-order valence-corrected chi connectivity index (χ4v) is 2.84. The van der Waals surface area contributed by atoms with Crippen molar-refractivity contribution in [1.82, 2.24) is 14.9 Å². The van der Waals surface area contributed by atoms with E-state index >= 15 is 0 Å². The molecule has 1 aromatic heterocycles. The van der Waals surface area contributed by atoms with Crippen molar-refractivity contribution < 1.29 is 0 Å². The van der Waals surface area contributed by atoms with Crippen molar-refractivity contribution in [2.45, 2.75) is 59.9 Å². The summed E-state index contributed by atoms with van der Waals surface area (Å²) in [5.74, 6) is 1.86. The van der Waals surface area contributed by atoms with E-state index in [0.717, 1.165) is 25.2 Å². The molecule has 0 amide bonds. The summed E-state index contributed by atoms with van der Waals surface area (Å²) >= 11 is 0. The normalized spacial score (nSPS) is 15.5. The van der Waals surface area contributed by atoms with Crippen molar-refractivity contribution >= 4 is 0 Å². The van der Waals surface area contributed by atoms with Gasteiger partial charge < -0.3 is 9.88 Å². The summed E-state index contributed by atoms with van der Waals surface area (Å²) in [5, 5.41) is 3.65. The zero-order valence-corrected chi connectivity index (χ0v) is 13.5. The van der Waals surface area contributed by atoms with Gasteiger partial charge in [-0.1, -0.05) is 34.6 Å². The molecular formula is C16H31N3. The fourth-order valence-electron chi connectivity index (χ4n) is 2.84. The van der Waals surface area contributed by atoms with E-state index < -0.39 is 0 Å². The summed E-state index contributed by atoms with van der Waals surface area (Å²) in [5.41, 5.74) is 0.399. The van der Waals surface area contributed by atoms with E-state index in [-0.39, 0.29) is 0 Å². The Balaban J connectivity index is 2.67. The molecule has 0 aliphatic carbocycles. The molecule has 3 heteroatoms. The summed E-state index contributed by atoms with van der Waals surface area (Å²) in [6, 6.07) is 0.372. The lowest BCUT2D eigenvalue weighted by Crippen LogP contribution is -2.27. The Kier molecular flexibility index (Phi) is 6.05. The van der Waals surface area contributed by atoms with E-state index in [1.54, 1.807) is 0 Å². The summed E-state index contributed by atoms with van der Waals surface area (Å²) < 4.78 is 2.14. The minimum atomic E-state index is 0.372. The topological polar surface area (TPSA) is 29.9 Å². The largest absolute Gasteiger partial charge is 0.337 e. The van der Waals surface area contributed by atoms with Gasteiger partial charge >= 0.3 is 0 Å². The highest BCUT2D eigenvalue weighted by Crippen LogP contribution is 2.30. The molecule has 0 aliphatic heterocycles. The Morgan fingerprint density at radius 3 is 2.53 bits per heavy atom. The maximum atomic E-state index is 4.52. The van der Waals surface area contributed by atoms with Gasteiger partial charge in [-0.3, -0.25) is 0 Å². The number of hydrogen-bond donors (Lipinski definition) is 1. The molecule has 0 bridgehead atoms. The van der Waals surface area contributed by atoms with Gasteiger partial charge in [0.2, 0.25) is 0 Å². The molecule has 2 atom stereocenters. The standard InChI is InChI=1S/C16H31N3/c1-7-8-17-14(15-18-9-10-19(15)6)11-13(2)12-16(3,4)5/h9-10,13-14,17H,7-8,11-12H2,1-6H3. The van der Waals surface area contributed by atoms with Crippen molar-refractivity contribution in [1.29, 1.82) is 0 Å². The van der Waals surface area contributed by atoms with E-state index in [2.05, 4.69) is 56.5 Å². The van der Waals surface area contributed by atoms with Gasteiger partial charge in [-0.2, -0.15) is 0 Å². The predicted molar refractivity (Wildman–Crippen MR) is 82.1 cm³/mol. The van der Waals surface area contributed by atoms with Crippen molar-refractivity contribution in [3.8, 4) is 0 Å². The Hall–Kier alpha value is -0.830. The van der Waals surface area contributed by atoms with Crippen LogP contribution < -0.4 is 5.32 Å². The summed E-state index contributed by atoms with van der Waals surface area (Å²) in [6.45, 7) is 12.6. The van der Waals surface area contributed by atoms with E-state index in [1.807, 2.05) is 12.4 Å². The second-order valence-electron chi connectivity index (χ2n) is 7.01. The molecule has 0 aromatic carbocycles. The van der Waals surface area contributed by atoms with Crippen LogP contribution in [0.1, 0.15) is 65.7 Å². The summed E-state index contributed by atoms with van der Waals surface area (Å²) in [7, 11) is 2.08. The molecule has 0 fully saturated rings. The monoisotopic (exact) mass is 265 g/mol. The van der Waals surface area contributed by atoms with Crippen molar-refractivity contribution in [3.05, 3.63) is 18.2 Å². The second kappa shape index (κ2) is 7.09. The van der Waals surface area contributed by atoms with Crippen LogP contribution in [0.25, 0.3) is 0 Å². The van der Waals surface area contributed by atoms with Crippen LogP contribution in [0.2, 0.25) is 0 Å². The van der Waals surface area contributed by atoms with Crippen LogP contribution in [0.5, 0.6) is 0 Å². The smallest absolute Gasteiger partial charge is 0.125 e. The van der Waals surface area contributed by atoms with Crippen LogP contribution in [-0.2, 0) is 7.05 Å².